The van der Waals surface area contributed by atoms with E-state index >= 15 is 0 Å². The molecule has 0 aliphatic rings. The van der Waals surface area contributed by atoms with Gasteiger partial charge in [0.2, 0.25) is 11.8 Å². The highest BCUT2D eigenvalue weighted by molar-refractivity contribution is 5.78. The van der Waals surface area contributed by atoms with Gasteiger partial charge in [0, 0.05) is 25.2 Å². The largest absolute Gasteiger partial charge is 0.331 e. The number of hydrogen-bond acceptors (Lipinski definition) is 2. The molecule has 0 saturated carbocycles. The minimum absolute atomic E-state index is 0.0394. The number of hydrogen-bond donors (Lipinski definition) is 2. The molecule has 0 bridgehead atoms. The molecule has 0 aromatic carbocycles. The van der Waals surface area contributed by atoms with Crippen LogP contribution >= 0.6 is 0 Å². The first-order valence-electron chi connectivity index (χ1n) is 18.9. The lowest BCUT2D eigenvalue weighted by Gasteiger charge is -2.04. The number of rotatable bonds is 34. The molecule has 0 heterocycles. The van der Waals surface area contributed by atoms with Crippen molar-refractivity contribution < 1.29 is 9.59 Å². The van der Waals surface area contributed by atoms with Crippen LogP contribution in [0.2, 0.25) is 0 Å². The molecule has 0 rings (SSSR count). The zero-order valence-electron chi connectivity index (χ0n) is 28.6. The van der Waals surface area contributed by atoms with Gasteiger partial charge in [-0.3, -0.25) is 9.59 Å². The van der Waals surface area contributed by atoms with E-state index in [0.29, 0.717) is 12.8 Å². The minimum atomic E-state index is 0.0394. The Hall–Kier alpha value is -1.32. The second-order valence-corrected chi connectivity index (χ2v) is 12.9. The molecule has 4 heteroatoms. The van der Waals surface area contributed by atoms with E-state index in [1.807, 2.05) is 0 Å². The van der Waals surface area contributed by atoms with Crippen LogP contribution in [-0.4, -0.2) is 11.8 Å². The van der Waals surface area contributed by atoms with E-state index in [-0.39, 0.29) is 11.8 Å². The SMILES string of the molecule is CCCCCCCCCCCCCCCCCC(=O)N/C=C/NC(=O)CCCCCCCCCCCCCCCCC. The Morgan fingerprint density at radius 3 is 0.738 bits per heavy atom. The highest BCUT2D eigenvalue weighted by atomic mass is 16.2. The van der Waals surface area contributed by atoms with Crippen LogP contribution in [0.25, 0.3) is 0 Å². The predicted molar refractivity (Wildman–Crippen MR) is 185 cm³/mol. The molecule has 0 spiro atoms. The van der Waals surface area contributed by atoms with Gasteiger partial charge in [-0.05, 0) is 12.8 Å². The number of nitrogens with one attached hydrogen (secondary N) is 2. The number of carbonyl (C=O) groups is 2. The molecule has 42 heavy (non-hydrogen) atoms. The molecule has 0 saturated heterocycles. The van der Waals surface area contributed by atoms with Gasteiger partial charge in [0.05, 0.1) is 0 Å². The molecule has 0 aromatic heterocycles. The first-order valence-corrected chi connectivity index (χ1v) is 18.9. The Balaban J connectivity index is 3.33. The predicted octanol–water partition coefficient (Wildman–Crippen LogP) is 12.2. The maximum absolute atomic E-state index is 12.0. The van der Waals surface area contributed by atoms with Crippen LogP contribution in [0.5, 0.6) is 0 Å². The normalized spacial score (nSPS) is 11.4. The summed E-state index contributed by atoms with van der Waals surface area (Å²) in [7, 11) is 0. The van der Waals surface area contributed by atoms with Gasteiger partial charge < -0.3 is 10.6 Å². The van der Waals surface area contributed by atoms with Crippen molar-refractivity contribution >= 4 is 11.8 Å². The molecule has 0 fully saturated rings. The van der Waals surface area contributed by atoms with Crippen LogP contribution in [-0.2, 0) is 9.59 Å². The van der Waals surface area contributed by atoms with Gasteiger partial charge in [0.15, 0.2) is 0 Å². The van der Waals surface area contributed by atoms with E-state index in [1.165, 1.54) is 167 Å². The second-order valence-electron chi connectivity index (χ2n) is 12.9. The van der Waals surface area contributed by atoms with Crippen molar-refractivity contribution in [3.05, 3.63) is 12.4 Å². The van der Waals surface area contributed by atoms with Gasteiger partial charge in [0.25, 0.3) is 0 Å². The van der Waals surface area contributed by atoms with Crippen molar-refractivity contribution in [2.45, 2.75) is 219 Å². The van der Waals surface area contributed by atoms with Gasteiger partial charge in [-0.25, -0.2) is 0 Å². The average molecular weight is 591 g/mol. The first kappa shape index (κ1) is 40.7. The zero-order chi connectivity index (χ0) is 30.6. The van der Waals surface area contributed by atoms with Crippen molar-refractivity contribution in [3.63, 3.8) is 0 Å². The minimum Gasteiger partial charge on any atom is -0.331 e. The van der Waals surface area contributed by atoms with Gasteiger partial charge in [-0.2, -0.15) is 0 Å². The fourth-order valence-corrected chi connectivity index (χ4v) is 5.73. The van der Waals surface area contributed by atoms with Gasteiger partial charge in [0.1, 0.15) is 0 Å². The lowest BCUT2D eigenvalue weighted by Crippen LogP contribution is -2.20. The van der Waals surface area contributed by atoms with E-state index in [9.17, 15) is 9.59 Å². The van der Waals surface area contributed by atoms with Crippen LogP contribution in [0, 0.1) is 0 Å². The quantitative estimate of drug-likeness (QED) is 0.0732. The Bertz CT molecular complexity index is 540. The maximum Gasteiger partial charge on any atom is 0.223 e. The Kier molecular flexibility index (Phi) is 34.7. The molecule has 0 unspecified atom stereocenters. The van der Waals surface area contributed by atoms with Crippen LogP contribution in [0.3, 0.4) is 0 Å². The summed E-state index contributed by atoms with van der Waals surface area (Å²) in [6, 6.07) is 0. The fourth-order valence-electron chi connectivity index (χ4n) is 5.73. The lowest BCUT2D eigenvalue weighted by atomic mass is 10.0. The smallest absolute Gasteiger partial charge is 0.223 e. The van der Waals surface area contributed by atoms with E-state index in [4.69, 9.17) is 0 Å². The Morgan fingerprint density at radius 1 is 0.333 bits per heavy atom. The van der Waals surface area contributed by atoms with Crippen molar-refractivity contribution in [2.24, 2.45) is 0 Å². The molecule has 0 aromatic rings. The summed E-state index contributed by atoms with van der Waals surface area (Å²) in [4.78, 5) is 24.0. The topological polar surface area (TPSA) is 58.2 Å². The van der Waals surface area contributed by atoms with Gasteiger partial charge >= 0.3 is 0 Å². The van der Waals surface area contributed by atoms with Crippen molar-refractivity contribution in [3.8, 4) is 0 Å². The zero-order valence-corrected chi connectivity index (χ0v) is 28.6. The van der Waals surface area contributed by atoms with Gasteiger partial charge in [-0.15, -0.1) is 0 Å². The van der Waals surface area contributed by atoms with Crippen LogP contribution in [0.4, 0.5) is 0 Å². The summed E-state index contributed by atoms with van der Waals surface area (Å²) < 4.78 is 0. The summed E-state index contributed by atoms with van der Waals surface area (Å²) in [6.45, 7) is 4.56. The number of amides is 2. The van der Waals surface area contributed by atoms with E-state index in [0.717, 1.165) is 25.7 Å². The summed E-state index contributed by atoms with van der Waals surface area (Å²) in [6.07, 6.45) is 44.2. The molecule has 248 valence electrons. The molecular formula is C38H74N2O2. The molecule has 0 radical (unpaired) electrons. The van der Waals surface area contributed by atoms with E-state index in [2.05, 4.69) is 24.5 Å². The lowest BCUT2D eigenvalue weighted by molar-refractivity contribution is -0.121. The molecule has 0 aliphatic heterocycles. The highest BCUT2D eigenvalue weighted by Crippen LogP contribution is 2.15. The van der Waals surface area contributed by atoms with Gasteiger partial charge in [-0.1, -0.05) is 194 Å². The fraction of sp³-hybridized carbons (Fsp3) is 0.895. The Labute approximate surface area is 263 Å². The third-order valence-electron chi connectivity index (χ3n) is 8.59. The molecule has 0 atom stereocenters. The molecule has 2 N–H and O–H groups in total. The molecular weight excluding hydrogens is 516 g/mol. The molecule has 4 nitrogen and oxygen atoms in total. The summed E-state index contributed by atoms with van der Waals surface area (Å²) >= 11 is 0. The molecule has 2 amide bonds. The third-order valence-corrected chi connectivity index (χ3v) is 8.59. The number of carbonyl (C=O) groups excluding carboxylic acids is 2. The maximum atomic E-state index is 12.0. The van der Waals surface area contributed by atoms with Crippen molar-refractivity contribution in [2.75, 3.05) is 0 Å². The van der Waals surface area contributed by atoms with Crippen LogP contribution < -0.4 is 10.6 Å². The second kappa shape index (κ2) is 35.9. The summed E-state index contributed by atoms with van der Waals surface area (Å²) in [5.74, 6) is 0.0789. The van der Waals surface area contributed by atoms with Crippen molar-refractivity contribution in [1.82, 2.24) is 10.6 Å². The first-order chi connectivity index (χ1) is 20.7. The average Bonchev–Trinajstić information content (AvgIpc) is 2.99. The summed E-state index contributed by atoms with van der Waals surface area (Å²) in [5, 5.41) is 5.55. The van der Waals surface area contributed by atoms with Crippen LogP contribution in [0.15, 0.2) is 12.4 Å². The monoisotopic (exact) mass is 591 g/mol. The highest BCUT2D eigenvalue weighted by Gasteiger charge is 2.01. The number of unbranched alkanes of at least 4 members (excludes halogenated alkanes) is 28. The van der Waals surface area contributed by atoms with Crippen molar-refractivity contribution in [1.29, 1.82) is 0 Å². The van der Waals surface area contributed by atoms with E-state index < -0.39 is 0 Å². The standard InChI is InChI=1S/C38H74N2O2/c1-3-5-7-9-11-13-15-17-19-21-23-25-27-29-31-33-37(41)39-35-36-40-38(42)34-32-30-28-26-24-22-20-18-16-14-12-10-8-6-4-2/h35-36H,3-34H2,1-2H3,(H,39,41)(H,40,42)/b36-35+. The molecule has 0 aliphatic carbocycles. The summed E-state index contributed by atoms with van der Waals surface area (Å²) in [5.41, 5.74) is 0. The third kappa shape index (κ3) is 34.9. The van der Waals surface area contributed by atoms with E-state index in [1.54, 1.807) is 12.4 Å². The Morgan fingerprint density at radius 2 is 0.524 bits per heavy atom. The van der Waals surface area contributed by atoms with Crippen LogP contribution in [0.1, 0.15) is 219 Å².